The first-order valence-electron chi connectivity index (χ1n) is 19.2. The monoisotopic (exact) mass is 687 g/mol. The quantitative estimate of drug-likeness (QED) is 0.179. The van der Waals surface area contributed by atoms with Gasteiger partial charge in [-0.3, -0.25) is 0 Å². The van der Waals surface area contributed by atoms with Crippen molar-refractivity contribution < 1.29 is 0 Å². The number of benzene rings is 8. The number of hydrogen-bond acceptors (Lipinski definition) is 1. The van der Waals surface area contributed by atoms with Crippen LogP contribution in [0.2, 0.25) is 0 Å². The lowest BCUT2D eigenvalue weighted by molar-refractivity contribution is 0.660. The van der Waals surface area contributed by atoms with Crippen LogP contribution in [0.4, 0.5) is 17.1 Å². The SMILES string of the molecule is CC1(C)c2ccccc2-c2ccc(N(c3cccc4c3-c3ccccc3C4)c3cccc4c3-c3ccccc3C43c4ccccc4-c4ccccc43)cc21. The second kappa shape index (κ2) is 10.6. The molecule has 1 spiro atoms. The molecule has 12 rings (SSSR count). The normalized spacial score (nSPS) is 15.1. The van der Waals surface area contributed by atoms with Crippen LogP contribution in [0.3, 0.4) is 0 Å². The minimum Gasteiger partial charge on any atom is -0.309 e. The van der Waals surface area contributed by atoms with Crippen LogP contribution >= 0.6 is 0 Å². The van der Waals surface area contributed by atoms with E-state index in [9.17, 15) is 0 Å². The lowest BCUT2D eigenvalue weighted by Crippen LogP contribution is -2.26. The summed E-state index contributed by atoms with van der Waals surface area (Å²) in [5.41, 5.74) is 24.7. The number of fused-ring (bicyclic) bond motifs is 16. The second-order valence-corrected chi connectivity index (χ2v) is 16.0. The Hall–Kier alpha value is -6.44. The average Bonchev–Trinajstić information content (AvgIpc) is 3.91. The molecule has 0 unspecified atom stereocenters. The van der Waals surface area contributed by atoms with Gasteiger partial charge in [-0.2, -0.15) is 0 Å². The van der Waals surface area contributed by atoms with Gasteiger partial charge in [0.05, 0.1) is 16.8 Å². The molecule has 0 radical (unpaired) electrons. The Morgan fingerprint density at radius 1 is 0.370 bits per heavy atom. The minimum atomic E-state index is -0.409. The van der Waals surface area contributed by atoms with Gasteiger partial charge in [0.15, 0.2) is 0 Å². The minimum absolute atomic E-state index is 0.120. The Kier molecular flexibility index (Phi) is 5.89. The summed E-state index contributed by atoms with van der Waals surface area (Å²) in [5.74, 6) is 0. The average molecular weight is 688 g/mol. The van der Waals surface area contributed by atoms with Crippen molar-refractivity contribution in [3.63, 3.8) is 0 Å². The Morgan fingerprint density at radius 3 is 1.56 bits per heavy atom. The van der Waals surface area contributed by atoms with E-state index in [1.54, 1.807) is 0 Å². The first-order valence-corrected chi connectivity index (χ1v) is 19.2. The van der Waals surface area contributed by atoms with Crippen molar-refractivity contribution in [3.8, 4) is 44.5 Å². The highest BCUT2D eigenvalue weighted by Crippen LogP contribution is 2.65. The molecule has 0 saturated carbocycles. The van der Waals surface area contributed by atoms with Crippen LogP contribution in [0.1, 0.15) is 58.4 Å². The van der Waals surface area contributed by atoms with Crippen molar-refractivity contribution in [2.75, 3.05) is 4.90 Å². The van der Waals surface area contributed by atoms with E-state index < -0.39 is 5.41 Å². The van der Waals surface area contributed by atoms with Gasteiger partial charge in [0.1, 0.15) is 0 Å². The molecule has 0 bridgehead atoms. The van der Waals surface area contributed by atoms with E-state index in [0.29, 0.717) is 0 Å². The predicted octanol–water partition coefficient (Wildman–Crippen LogP) is 13.4. The van der Waals surface area contributed by atoms with E-state index in [4.69, 9.17) is 0 Å². The molecule has 1 nitrogen and oxygen atoms in total. The van der Waals surface area contributed by atoms with Gasteiger partial charge in [-0.25, -0.2) is 0 Å². The molecule has 0 heterocycles. The zero-order valence-electron chi connectivity index (χ0n) is 30.4. The van der Waals surface area contributed by atoms with Gasteiger partial charge in [-0.15, -0.1) is 0 Å². The topological polar surface area (TPSA) is 3.24 Å². The molecule has 4 aliphatic carbocycles. The second-order valence-electron chi connectivity index (χ2n) is 16.0. The fourth-order valence-corrected chi connectivity index (χ4v) is 10.9. The van der Waals surface area contributed by atoms with E-state index in [-0.39, 0.29) is 5.41 Å². The maximum atomic E-state index is 2.60. The lowest BCUT2D eigenvalue weighted by Gasteiger charge is -2.33. The third kappa shape index (κ3) is 3.64. The number of hydrogen-bond donors (Lipinski definition) is 0. The maximum absolute atomic E-state index is 2.60. The fourth-order valence-electron chi connectivity index (χ4n) is 10.9. The summed E-state index contributed by atoms with van der Waals surface area (Å²) >= 11 is 0. The highest BCUT2D eigenvalue weighted by Gasteiger charge is 2.52. The molecule has 0 N–H and O–H groups in total. The van der Waals surface area contributed by atoms with Crippen LogP contribution < -0.4 is 4.90 Å². The molecule has 8 aromatic carbocycles. The lowest BCUT2D eigenvalue weighted by atomic mass is 9.70. The summed E-state index contributed by atoms with van der Waals surface area (Å²) in [6.07, 6.45) is 0.951. The van der Waals surface area contributed by atoms with Gasteiger partial charge >= 0.3 is 0 Å². The van der Waals surface area contributed by atoms with E-state index in [1.807, 2.05) is 0 Å². The van der Waals surface area contributed by atoms with Gasteiger partial charge in [0.25, 0.3) is 0 Å². The first-order chi connectivity index (χ1) is 26.6. The van der Waals surface area contributed by atoms with Crippen molar-refractivity contribution in [3.05, 3.63) is 220 Å². The van der Waals surface area contributed by atoms with Crippen LogP contribution in [0.15, 0.2) is 176 Å². The molecular formula is C53H37N. The number of nitrogens with zero attached hydrogens (tertiary/aromatic N) is 1. The number of anilines is 3. The van der Waals surface area contributed by atoms with Crippen molar-refractivity contribution in [2.45, 2.75) is 31.1 Å². The van der Waals surface area contributed by atoms with Crippen molar-refractivity contribution >= 4 is 17.1 Å². The summed E-state index contributed by atoms with van der Waals surface area (Å²) in [6.45, 7) is 4.77. The fraction of sp³-hybridized carbons (Fsp3) is 0.0943. The predicted molar refractivity (Wildman–Crippen MR) is 223 cm³/mol. The molecule has 1 heteroatoms. The molecule has 0 atom stereocenters. The van der Waals surface area contributed by atoms with Crippen molar-refractivity contribution in [2.24, 2.45) is 0 Å². The van der Waals surface area contributed by atoms with Crippen LogP contribution in [-0.4, -0.2) is 0 Å². The number of rotatable bonds is 3. The van der Waals surface area contributed by atoms with Crippen LogP contribution in [0.5, 0.6) is 0 Å². The molecule has 54 heavy (non-hydrogen) atoms. The van der Waals surface area contributed by atoms with E-state index in [2.05, 4.69) is 195 Å². The van der Waals surface area contributed by atoms with Crippen LogP contribution in [-0.2, 0) is 17.3 Å². The Labute approximate surface area is 316 Å². The summed E-state index contributed by atoms with van der Waals surface area (Å²) in [5, 5.41) is 0. The highest BCUT2D eigenvalue weighted by molar-refractivity contribution is 6.03. The molecule has 0 aliphatic heterocycles. The van der Waals surface area contributed by atoms with E-state index >= 15 is 0 Å². The summed E-state index contributed by atoms with van der Waals surface area (Å²) in [7, 11) is 0. The summed E-state index contributed by atoms with van der Waals surface area (Å²) < 4.78 is 0. The molecular weight excluding hydrogens is 651 g/mol. The smallest absolute Gasteiger partial charge is 0.0726 e. The molecule has 8 aromatic rings. The molecule has 254 valence electrons. The zero-order valence-corrected chi connectivity index (χ0v) is 30.4. The van der Waals surface area contributed by atoms with E-state index in [0.717, 1.165) is 6.42 Å². The van der Waals surface area contributed by atoms with Gasteiger partial charge in [-0.1, -0.05) is 166 Å². The molecule has 0 amide bonds. The maximum Gasteiger partial charge on any atom is 0.0726 e. The van der Waals surface area contributed by atoms with Crippen LogP contribution in [0.25, 0.3) is 44.5 Å². The molecule has 0 aromatic heterocycles. The van der Waals surface area contributed by atoms with Gasteiger partial charge in [0, 0.05) is 22.2 Å². The standard InChI is InChI=1S/C53H37N/c1-52(2)42-22-9-5-18-37(42)40-30-29-35(32-47(40)52)54(48-27-13-16-34-31-33-15-3-4-17-36(33)50(34)48)49-28-14-26-46-51(49)41-21-8-12-25-45(41)53(46)43-23-10-6-19-38(43)39-20-7-11-24-44(39)53/h3-30,32H,31H2,1-2H3. The Morgan fingerprint density at radius 2 is 0.852 bits per heavy atom. The first kappa shape index (κ1) is 30.1. The summed E-state index contributed by atoms with van der Waals surface area (Å²) in [6, 6.07) is 66.6. The molecule has 0 fully saturated rings. The third-order valence-electron chi connectivity index (χ3n) is 13.1. The zero-order chi connectivity index (χ0) is 35.8. The third-order valence-corrected chi connectivity index (χ3v) is 13.1. The van der Waals surface area contributed by atoms with Crippen molar-refractivity contribution in [1.82, 2.24) is 0 Å². The van der Waals surface area contributed by atoms with Crippen LogP contribution in [0, 0.1) is 0 Å². The Balaban J connectivity index is 1.18. The molecule has 4 aliphatic rings. The van der Waals surface area contributed by atoms with Gasteiger partial charge in [-0.05, 0) is 109 Å². The van der Waals surface area contributed by atoms with Gasteiger partial charge < -0.3 is 4.90 Å². The summed E-state index contributed by atoms with van der Waals surface area (Å²) in [4.78, 5) is 2.60. The Bertz CT molecular complexity index is 2860. The van der Waals surface area contributed by atoms with Gasteiger partial charge in [0.2, 0.25) is 0 Å². The van der Waals surface area contributed by atoms with Crippen molar-refractivity contribution in [1.29, 1.82) is 0 Å². The van der Waals surface area contributed by atoms with E-state index in [1.165, 1.54) is 106 Å². The largest absolute Gasteiger partial charge is 0.309 e. The molecule has 0 saturated heterocycles. The highest BCUT2D eigenvalue weighted by atomic mass is 15.1.